The molecule has 1 fully saturated rings. The second kappa shape index (κ2) is 5.79. The molecule has 5 heteroatoms. The molecule has 0 bridgehead atoms. The normalized spacial score (nSPS) is 25.3. The monoisotopic (exact) mass is 359 g/mol. The predicted octanol–water partition coefficient (Wildman–Crippen LogP) is 2.38. The summed E-state index contributed by atoms with van der Waals surface area (Å²) in [5.41, 5.74) is 0.844. The van der Waals surface area contributed by atoms with Gasteiger partial charge < -0.3 is 9.47 Å². The average Bonchev–Trinajstić information content (AvgIpc) is 2.83. The van der Waals surface area contributed by atoms with Gasteiger partial charge in [-0.1, -0.05) is 40.8 Å². The second-order valence-electron chi connectivity index (χ2n) is 4.09. The van der Waals surface area contributed by atoms with E-state index in [-0.39, 0.29) is 5.97 Å². The van der Waals surface area contributed by atoms with Gasteiger partial charge in [-0.3, -0.25) is 9.79 Å². The molecule has 0 radical (unpaired) electrons. The van der Waals surface area contributed by atoms with Gasteiger partial charge >= 0.3 is 5.97 Å². The zero-order valence-corrected chi connectivity index (χ0v) is 12.2. The lowest BCUT2D eigenvalue weighted by Gasteiger charge is -2.22. The highest BCUT2D eigenvalue weighted by Gasteiger charge is 2.48. The standard InChI is InChI=1S/C13H14INO3/c1-17-12(16)13(8-14)9-18-7-11(13)15-10-5-3-2-4-6-10/h2-6H,7-9H2,1H3/b15-11+. The fourth-order valence-corrected chi connectivity index (χ4v) is 2.86. The molecule has 4 nitrogen and oxygen atoms in total. The number of ether oxygens (including phenoxy) is 2. The lowest BCUT2D eigenvalue weighted by molar-refractivity contribution is -0.148. The zero-order valence-electron chi connectivity index (χ0n) is 10.1. The van der Waals surface area contributed by atoms with Crippen molar-refractivity contribution in [2.24, 2.45) is 10.4 Å². The van der Waals surface area contributed by atoms with Gasteiger partial charge in [0, 0.05) is 4.43 Å². The number of halogens is 1. The highest BCUT2D eigenvalue weighted by molar-refractivity contribution is 14.1. The minimum Gasteiger partial charge on any atom is -0.468 e. The summed E-state index contributed by atoms with van der Waals surface area (Å²) in [5, 5.41) is 0. The summed E-state index contributed by atoms with van der Waals surface area (Å²) in [4.78, 5) is 16.5. The Morgan fingerprint density at radius 1 is 1.50 bits per heavy atom. The van der Waals surface area contributed by atoms with E-state index in [0.717, 1.165) is 11.4 Å². The molecule has 2 rings (SSSR count). The number of carbonyl (C=O) groups excluding carboxylic acids is 1. The van der Waals surface area contributed by atoms with Crippen LogP contribution < -0.4 is 0 Å². The third-order valence-corrected chi connectivity index (χ3v) is 4.27. The van der Waals surface area contributed by atoms with Crippen molar-refractivity contribution >= 4 is 40.0 Å². The number of rotatable bonds is 3. The molecule has 1 aliphatic heterocycles. The van der Waals surface area contributed by atoms with Crippen molar-refractivity contribution in [2.75, 3.05) is 24.8 Å². The number of benzene rings is 1. The summed E-state index contributed by atoms with van der Waals surface area (Å²) >= 11 is 2.18. The van der Waals surface area contributed by atoms with Gasteiger partial charge in [-0.2, -0.15) is 0 Å². The van der Waals surface area contributed by atoms with Crippen LogP contribution in [0.4, 0.5) is 5.69 Å². The number of hydrogen-bond acceptors (Lipinski definition) is 4. The lowest BCUT2D eigenvalue weighted by atomic mass is 9.88. The van der Waals surface area contributed by atoms with Crippen molar-refractivity contribution < 1.29 is 14.3 Å². The molecule has 1 aromatic rings. The molecule has 0 aliphatic carbocycles. The Balaban J connectivity index is 2.37. The van der Waals surface area contributed by atoms with Crippen molar-refractivity contribution in [2.45, 2.75) is 0 Å². The molecule has 1 atom stereocenters. The molecule has 0 amide bonds. The Morgan fingerprint density at radius 2 is 2.22 bits per heavy atom. The van der Waals surface area contributed by atoms with Crippen molar-refractivity contribution in [1.82, 2.24) is 0 Å². The van der Waals surface area contributed by atoms with E-state index in [4.69, 9.17) is 9.47 Å². The molecule has 0 saturated carbocycles. The number of alkyl halides is 1. The van der Waals surface area contributed by atoms with Crippen LogP contribution in [0.25, 0.3) is 0 Å². The summed E-state index contributed by atoms with van der Waals surface area (Å²) in [7, 11) is 1.40. The van der Waals surface area contributed by atoms with E-state index in [1.165, 1.54) is 7.11 Å². The van der Waals surface area contributed by atoms with Crippen LogP contribution in [0, 0.1) is 5.41 Å². The van der Waals surface area contributed by atoms with Crippen LogP contribution in [0.1, 0.15) is 0 Å². The van der Waals surface area contributed by atoms with Gasteiger partial charge in [0.2, 0.25) is 0 Å². The maximum atomic E-state index is 12.0. The molecular formula is C13H14INO3. The number of para-hydroxylation sites is 1. The van der Waals surface area contributed by atoms with E-state index in [9.17, 15) is 4.79 Å². The summed E-state index contributed by atoms with van der Waals surface area (Å²) in [6.45, 7) is 0.723. The minimum atomic E-state index is -0.731. The molecule has 1 saturated heterocycles. The summed E-state index contributed by atoms with van der Waals surface area (Å²) < 4.78 is 10.9. The fraction of sp³-hybridized carbons (Fsp3) is 0.385. The molecule has 1 heterocycles. The Bertz CT molecular complexity index is 461. The van der Waals surface area contributed by atoms with Crippen molar-refractivity contribution in [1.29, 1.82) is 0 Å². The second-order valence-corrected chi connectivity index (χ2v) is 4.86. The number of nitrogens with zero attached hydrogens (tertiary/aromatic N) is 1. The van der Waals surface area contributed by atoms with Gasteiger partial charge in [0.05, 0.1) is 31.7 Å². The van der Waals surface area contributed by atoms with Gasteiger partial charge in [0.15, 0.2) is 0 Å². The fourth-order valence-electron chi connectivity index (χ4n) is 1.88. The van der Waals surface area contributed by atoms with Crippen LogP contribution in [0.5, 0.6) is 0 Å². The van der Waals surface area contributed by atoms with E-state index in [1.807, 2.05) is 30.3 Å². The molecule has 96 valence electrons. The zero-order chi connectivity index (χ0) is 13.0. The molecule has 1 aromatic carbocycles. The van der Waals surface area contributed by atoms with E-state index >= 15 is 0 Å². The SMILES string of the molecule is COC(=O)C1(CI)COC/C1=N\c1ccccc1. The van der Waals surface area contributed by atoms with Crippen LogP contribution in [-0.2, 0) is 14.3 Å². The number of esters is 1. The van der Waals surface area contributed by atoms with Crippen molar-refractivity contribution in [3.05, 3.63) is 30.3 Å². The number of hydrogen-bond donors (Lipinski definition) is 0. The van der Waals surface area contributed by atoms with Crippen LogP contribution in [0.2, 0.25) is 0 Å². The summed E-state index contributed by atoms with van der Waals surface area (Å²) in [6.07, 6.45) is 0. The Hall–Kier alpha value is -0.950. The first-order valence-corrected chi connectivity index (χ1v) is 7.11. The molecule has 0 spiro atoms. The Kier molecular flexibility index (Phi) is 4.34. The minimum absolute atomic E-state index is 0.274. The molecule has 1 unspecified atom stereocenters. The summed E-state index contributed by atoms with van der Waals surface area (Å²) in [6, 6.07) is 9.57. The predicted molar refractivity (Wildman–Crippen MR) is 77.7 cm³/mol. The Morgan fingerprint density at radius 3 is 2.83 bits per heavy atom. The van der Waals surface area contributed by atoms with E-state index in [2.05, 4.69) is 27.6 Å². The van der Waals surface area contributed by atoms with Gasteiger partial charge in [0.1, 0.15) is 5.41 Å². The van der Waals surface area contributed by atoms with Crippen LogP contribution in [0.3, 0.4) is 0 Å². The first-order chi connectivity index (χ1) is 8.73. The molecular weight excluding hydrogens is 345 g/mol. The highest BCUT2D eigenvalue weighted by atomic mass is 127. The van der Waals surface area contributed by atoms with Crippen molar-refractivity contribution in [3.63, 3.8) is 0 Å². The molecule has 18 heavy (non-hydrogen) atoms. The maximum Gasteiger partial charge on any atom is 0.320 e. The molecule has 0 aromatic heterocycles. The van der Waals surface area contributed by atoms with Crippen molar-refractivity contribution in [3.8, 4) is 0 Å². The topological polar surface area (TPSA) is 47.9 Å². The van der Waals surface area contributed by atoms with Gasteiger partial charge in [0.25, 0.3) is 0 Å². The molecule has 0 N–H and O–H groups in total. The third kappa shape index (κ3) is 2.42. The number of carbonyl (C=O) groups is 1. The first kappa shape index (κ1) is 13.5. The largest absolute Gasteiger partial charge is 0.468 e. The number of aliphatic imine (C=N–C) groups is 1. The van der Waals surface area contributed by atoms with E-state index in [0.29, 0.717) is 17.6 Å². The van der Waals surface area contributed by atoms with Crippen LogP contribution in [-0.4, -0.2) is 36.4 Å². The van der Waals surface area contributed by atoms with Gasteiger partial charge in [-0.25, -0.2) is 0 Å². The molecule has 1 aliphatic rings. The highest BCUT2D eigenvalue weighted by Crippen LogP contribution is 2.32. The van der Waals surface area contributed by atoms with Crippen LogP contribution >= 0.6 is 22.6 Å². The number of methoxy groups -OCH3 is 1. The van der Waals surface area contributed by atoms with Crippen LogP contribution in [0.15, 0.2) is 35.3 Å². The first-order valence-electron chi connectivity index (χ1n) is 5.58. The smallest absolute Gasteiger partial charge is 0.320 e. The maximum absolute atomic E-state index is 12.0. The van der Waals surface area contributed by atoms with Gasteiger partial charge in [-0.15, -0.1) is 0 Å². The van der Waals surface area contributed by atoms with Gasteiger partial charge in [-0.05, 0) is 12.1 Å². The summed E-state index contributed by atoms with van der Waals surface area (Å²) in [5.74, 6) is -0.274. The average molecular weight is 359 g/mol. The third-order valence-electron chi connectivity index (χ3n) is 2.96. The quantitative estimate of drug-likeness (QED) is 0.473. The van der Waals surface area contributed by atoms with E-state index < -0.39 is 5.41 Å². The Labute approximate surface area is 120 Å². The lowest BCUT2D eigenvalue weighted by Crippen LogP contribution is -2.41. The van der Waals surface area contributed by atoms with E-state index in [1.54, 1.807) is 0 Å².